The van der Waals surface area contributed by atoms with E-state index in [9.17, 15) is 13.2 Å². The lowest BCUT2D eigenvalue weighted by atomic mass is 9.61. The smallest absolute Gasteiger partial charge is 0.194 e. The molecule has 0 nitrogen and oxygen atoms in total. The number of hydrogen-bond donors (Lipinski definition) is 0. The SMILES string of the molecule is CCCCCC1CCC2CC(C3CCc4cc(F)c(F)c(F)c4C3)CCC2C1. The second-order valence-corrected chi connectivity index (χ2v) is 9.90. The van der Waals surface area contributed by atoms with Crippen LogP contribution in [0, 0.1) is 47.0 Å². The van der Waals surface area contributed by atoms with Crippen molar-refractivity contribution in [3.05, 3.63) is 34.6 Å². The van der Waals surface area contributed by atoms with Crippen LogP contribution in [-0.2, 0) is 12.8 Å². The first-order chi connectivity index (χ1) is 13.6. The van der Waals surface area contributed by atoms with Crippen molar-refractivity contribution >= 4 is 0 Å². The predicted molar refractivity (Wildman–Crippen MR) is 108 cm³/mol. The van der Waals surface area contributed by atoms with Crippen LogP contribution < -0.4 is 0 Å². The highest BCUT2D eigenvalue weighted by molar-refractivity contribution is 5.33. The molecule has 0 amide bonds. The molecule has 4 rings (SSSR count). The van der Waals surface area contributed by atoms with Gasteiger partial charge in [0.25, 0.3) is 0 Å². The van der Waals surface area contributed by atoms with E-state index < -0.39 is 17.5 Å². The minimum atomic E-state index is -1.29. The fraction of sp³-hybridized carbons (Fsp3) is 0.760. The Hall–Kier alpha value is -0.990. The number of halogens is 3. The first-order valence-electron chi connectivity index (χ1n) is 11.7. The van der Waals surface area contributed by atoms with Crippen molar-refractivity contribution in [2.24, 2.45) is 29.6 Å². The van der Waals surface area contributed by atoms with Gasteiger partial charge >= 0.3 is 0 Å². The van der Waals surface area contributed by atoms with Crippen molar-refractivity contribution in [2.45, 2.75) is 90.4 Å². The Morgan fingerprint density at radius 2 is 1.54 bits per heavy atom. The molecule has 2 saturated carbocycles. The quantitative estimate of drug-likeness (QED) is 0.357. The summed E-state index contributed by atoms with van der Waals surface area (Å²) in [6, 6.07) is 1.22. The summed E-state index contributed by atoms with van der Waals surface area (Å²) in [7, 11) is 0. The van der Waals surface area contributed by atoms with Crippen LogP contribution in [0.1, 0.15) is 88.7 Å². The monoisotopic (exact) mass is 392 g/mol. The molecule has 3 heteroatoms. The molecule has 3 aliphatic carbocycles. The Kier molecular flexibility index (Phi) is 6.37. The van der Waals surface area contributed by atoms with Crippen molar-refractivity contribution in [1.29, 1.82) is 0 Å². The summed E-state index contributed by atoms with van der Waals surface area (Å²) in [6.07, 6.45) is 15.8. The lowest BCUT2D eigenvalue weighted by molar-refractivity contribution is 0.0686. The fourth-order valence-electron chi connectivity index (χ4n) is 6.63. The van der Waals surface area contributed by atoms with Gasteiger partial charge in [-0.05, 0) is 98.1 Å². The first kappa shape index (κ1) is 20.3. The summed E-state index contributed by atoms with van der Waals surface area (Å²) in [5, 5.41) is 0. The third kappa shape index (κ3) is 4.14. The van der Waals surface area contributed by atoms with Gasteiger partial charge in [0, 0.05) is 0 Å². The van der Waals surface area contributed by atoms with Crippen LogP contribution in [0.4, 0.5) is 13.2 Å². The van der Waals surface area contributed by atoms with E-state index in [0.29, 0.717) is 35.8 Å². The largest absolute Gasteiger partial charge is 0.204 e. The Morgan fingerprint density at radius 1 is 0.821 bits per heavy atom. The molecular weight excluding hydrogens is 357 g/mol. The zero-order valence-electron chi connectivity index (χ0n) is 17.3. The molecule has 0 N–H and O–H groups in total. The summed E-state index contributed by atoms with van der Waals surface area (Å²) in [6.45, 7) is 2.28. The average Bonchev–Trinajstić information content (AvgIpc) is 2.72. The molecule has 0 saturated heterocycles. The molecular formula is C25H35F3. The van der Waals surface area contributed by atoms with Crippen LogP contribution >= 0.6 is 0 Å². The zero-order chi connectivity index (χ0) is 19.7. The van der Waals surface area contributed by atoms with Gasteiger partial charge < -0.3 is 0 Å². The number of hydrogen-bond acceptors (Lipinski definition) is 0. The van der Waals surface area contributed by atoms with E-state index in [1.54, 1.807) is 0 Å². The highest BCUT2D eigenvalue weighted by atomic mass is 19.2. The summed E-state index contributed by atoms with van der Waals surface area (Å²) in [5.41, 5.74) is 1.14. The van der Waals surface area contributed by atoms with E-state index in [1.807, 2.05) is 0 Å². The van der Waals surface area contributed by atoms with Gasteiger partial charge in [0.05, 0.1) is 0 Å². The number of unbranched alkanes of at least 4 members (excludes halogenated alkanes) is 2. The molecule has 0 radical (unpaired) electrons. The zero-order valence-corrected chi connectivity index (χ0v) is 17.3. The van der Waals surface area contributed by atoms with Gasteiger partial charge in [-0.1, -0.05) is 39.0 Å². The second-order valence-electron chi connectivity index (χ2n) is 9.90. The lowest BCUT2D eigenvalue weighted by Gasteiger charge is -2.45. The van der Waals surface area contributed by atoms with E-state index in [1.165, 1.54) is 70.3 Å². The molecule has 1 aromatic rings. The van der Waals surface area contributed by atoms with Gasteiger partial charge in [-0.15, -0.1) is 0 Å². The highest BCUT2D eigenvalue weighted by Gasteiger charge is 2.39. The Bertz CT molecular complexity index is 683. The van der Waals surface area contributed by atoms with Crippen molar-refractivity contribution < 1.29 is 13.2 Å². The molecule has 0 bridgehead atoms. The Morgan fingerprint density at radius 3 is 2.32 bits per heavy atom. The summed E-state index contributed by atoms with van der Waals surface area (Å²) in [4.78, 5) is 0. The van der Waals surface area contributed by atoms with Gasteiger partial charge in [0.1, 0.15) is 0 Å². The minimum absolute atomic E-state index is 0.440. The van der Waals surface area contributed by atoms with Crippen molar-refractivity contribution in [2.75, 3.05) is 0 Å². The van der Waals surface area contributed by atoms with Crippen LogP contribution in [-0.4, -0.2) is 0 Å². The fourth-order valence-corrected chi connectivity index (χ4v) is 6.63. The highest BCUT2D eigenvalue weighted by Crippen LogP contribution is 2.49. The van der Waals surface area contributed by atoms with Crippen molar-refractivity contribution in [3.8, 4) is 0 Å². The molecule has 156 valence electrons. The number of rotatable bonds is 5. The standard InChI is InChI=1S/C25H35F3/c1-2-3-4-5-16-6-7-18-13-19(9-8-17(18)12-16)20-10-11-21-15-23(26)25(28)24(27)22(21)14-20/h15-20H,2-14H2,1H3. The summed E-state index contributed by atoms with van der Waals surface area (Å²) in [5.74, 6) is 0.510. The van der Waals surface area contributed by atoms with E-state index in [0.717, 1.165) is 24.2 Å². The maximum atomic E-state index is 14.3. The number of benzene rings is 1. The third-order valence-corrected chi connectivity index (χ3v) is 8.25. The number of aryl methyl sites for hydroxylation is 1. The van der Waals surface area contributed by atoms with Crippen LogP contribution in [0.3, 0.4) is 0 Å². The predicted octanol–water partition coefficient (Wildman–Crippen LogP) is 7.62. The number of fused-ring (bicyclic) bond motifs is 2. The maximum absolute atomic E-state index is 14.3. The lowest BCUT2D eigenvalue weighted by Crippen LogP contribution is -2.35. The molecule has 3 aliphatic rings. The van der Waals surface area contributed by atoms with Gasteiger partial charge in [0.2, 0.25) is 0 Å². The van der Waals surface area contributed by atoms with E-state index in [-0.39, 0.29) is 0 Å². The molecule has 5 atom stereocenters. The Labute approximate surface area is 168 Å². The molecule has 1 aromatic carbocycles. The van der Waals surface area contributed by atoms with Crippen molar-refractivity contribution in [3.63, 3.8) is 0 Å². The summed E-state index contributed by atoms with van der Waals surface area (Å²) < 4.78 is 41.5. The van der Waals surface area contributed by atoms with Gasteiger partial charge in [-0.25, -0.2) is 13.2 Å². The van der Waals surface area contributed by atoms with E-state index in [4.69, 9.17) is 0 Å². The minimum Gasteiger partial charge on any atom is -0.204 e. The molecule has 0 spiro atoms. The van der Waals surface area contributed by atoms with Crippen molar-refractivity contribution in [1.82, 2.24) is 0 Å². The topological polar surface area (TPSA) is 0 Å². The molecule has 0 heterocycles. The average molecular weight is 393 g/mol. The first-order valence-corrected chi connectivity index (χ1v) is 11.7. The molecule has 28 heavy (non-hydrogen) atoms. The van der Waals surface area contributed by atoms with Gasteiger partial charge in [0.15, 0.2) is 17.5 Å². The third-order valence-electron chi connectivity index (χ3n) is 8.25. The van der Waals surface area contributed by atoms with E-state index in [2.05, 4.69) is 6.92 Å². The summed E-state index contributed by atoms with van der Waals surface area (Å²) >= 11 is 0. The molecule has 0 aromatic heterocycles. The molecule has 2 fully saturated rings. The van der Waals surface area contributed by atoms with E-state index >= 15 is 0 Å². The van der Waals surface area contributed by atoms with Gasteiger partial charge in [-0.2, -0.15) is 0 Å². The normalized spacial score (nSPS) is 32.6. The maximum Gasteiger partial charge on any atom is 0.194 e. The van der Waals surface area contributed by atoms with Gasteiger partial charge in [-0.3, -0.25) is 0 Å². The van der Waals surface area contributed by atoms with Crippen LogP contribution in [0.25, 0.3) is 0 Å². The molecule has 5 unspecified atom stereocenters. The van der Waals surface area contributed by atoms with Crippen LogP contribution in [0.2, 0.25) is 0 Å². The van der Waals surface area contributed by atoms with Crippen LogP contribution in [0.5, 0.6) is 0 Å². The Balaban J connectivity index is 1.35. The second kappa shape index (κ2) is 8.79. The molecule has 0 aliphatic heterocycles. The van der Waals surface area contributed by atoms with Crippen LogP contribution in [0.15, 0.2) is 6.07 Å².